The molecule has 8 heteroatoms. The van der Waals surface area contributed by atoms with E-state index in [1.54, 1.807) is 13.1 Å². The zero-order valence-electron chi connectivity index (χ0n) is 19.2. The first-order valence-electron chi connectivity index (χ1n) is 11.1. The number of pyridine rings is 2. The summed E-state index contributed by atoms with van der Waals surface area (Å²) in [6.45, 7) is 6.07. The first-order chi connectivity index (χ1) is 16.2. The average Bonchev–Trinajstić information content (AvgIpc) is 2.82. The second-order valence-electron chi connectivity index (χ2n) is 8.92. The number of rotatable bonds is 3. The third kappa shape index (κ3) is 3.60. The van der Waals surface area contributed by atoms with Crippen LogP contribution in [0.2, 0.25) is 0 Å². The van der Waals surface area contributed by atoms with Crippen molar-refractivity contribution < 1.29 is 14.3 Å². The lowest BCUT2D eigenvalue weighted by atomic mass is 9.99. The van der Waals surface area contributed by atoms with Crippen LogP contribution in [0, 0.1) is 19.7 Å². The third-order valence-electron chi connectivity index (χ3n) is 6.77. The lowest BCUT2D eigenvalue weighted by Gasteiger charge is -2.36. The highest BCUT2D eigenvalue weighted by molar-refractivity contribution is 6.07. The largest absolute Gasteiger partial charge is 0.477 e. The number of aromatic carboxylic acids is 1. The van der Waals surface area contributed by atoms with Crippen LogP contribution in [-0.2, 0) is 7.05 Å². The summed E-state index contributed by atoms with van der Waals surface area (Å²) >= 11 is 0. The van der Waals surface area contributed by atoms with Gasteiger partial charge in [0.25, 0.3) is 0 Å². The molecule has 1 saturated heterocycles. The van der Waals surface area contributed by atoms with Crippen molar-refractivity contribution in [2.24, 2.45) is 7.05 Å². The number of nitrogens with one attached hydrogen (secondary N) is 1. The number of carbonyl (C=O) groups is 1. The summed E-state index contributed by atoms with van der Waals surface area (Å²) in [5.74, 6) is -1.78. The van der Waals surface area contributed by atoms with Crippen molar-refractivity contribution in [1.82, 2.24) is 14.9 Å². The van der Waals surface area contributed by atoms with E-state index in [1.165, 1.54) is 34.2 Å². The van der Waals surface area contributed by atoms with Crippen molar-refractivity contribution in [1.29, 1.82) is 0 Å². The zero-order valence-corrected chi connectivity index (χ0v) is 19.2. The van der Waals surface area contributed by atoms with Crippen LogP contribution in [0.3, 0.4) is 0 Å². The average molecular weight is 461 g/mol. The van der Waals surface area contributed by atoms with Gasteiger partial charge in [-0.15, -0.1) is 0 Å². The van der Waals surface area contributed by atoms with Crippen LogP contribution in [0.5, 0.6) is 0 Å². The summed E-state index contributed by atoms with van der Waals surface area (Å²) in [5.41, 5.74) is 3.92. The van der Waals surface area contributed by atoms with Crippen molar-refractivity contribution in [3.63, 3.8) is 0 Å². The Morgan fingerprint density at radius 1 is 1.21 bits per heavy atom. The van der Waals surface area contributed by atoms with Crippen molar-refractivity contribution >= 4 is 33.5 Å². The van der Waals surface area contributed by atoms with Gasteiger partial charge in [-0.3, -0.25) is 9.78 Å². The van der Waals surface area contributed by atoms with Crippen LogP contribution in [0.15, 0.2) is 47.5 Å². The zero-order chi connectivity index (χ0) is 24.1. The number of hydrogen-bond acceptors (Lipinski definition) is 5. The number of aryl methyl sites for hydroxylation is 3. The summed E-state index contributed by atoms with van der Waals surface area (Å²) in [7, 11) is 1.64. The summed E-state index contributed by atoms with van der Waals surface area (Å²) in [6, 6.07) is 9.38. The van der Waals surface area contributed by atoms with Gasteiger partial charge in [0.1, 0.15) is 11.4 Å². The van der Waals surface area contributed by atoms with E-state index in [4.69, 9.17) is 0 Å². The molecule has 34 heavy (non-hydrogen) atoms. The maximum Gasteiger partial charge on any atom is 0.341 e. The van der Waals surface area contributed by atoms with Crippen molar-refractivity contribution in [2.45, 2.75) is 19.9 Å². The molecular weight excluding hydrogens is 435 g/mol. The molecule has 2 aromatic heterocycles. The lowest BCUT2D eigenvalue weighted by molar-refractivity contribution is 0.0695. The molecule has 7 nitrogen and oxygen atoms in total. The Labute approximate surface area is 195 Å². The quantitative estimate of drug-likeness (QED) is 0.454. The van der Waals surface area contributed by atoms with Gasteiger partial charge >= 0.3 is 5.97 Å². The fourth-order valence-corrected chi connectivity index (χ4v) is 4.72. The molecule has 1 aliphatic rings. The molecule has 1 fully saturated rings. The number of benzene rings is 2. The predicted octanol–water partition coefficient (Wildman–Crippen LogP) is 3.69. The maximum atomic E-state index is 15.5. The highest BCUT2D eigenvalue weighted by Gasteiger charge is 2.24. The number of anilines is 1. The lowest BCUT2D eigenvalue weighted by Crippen LogP contribution is -2.46. The molecule has 3 heterocycles. The first-order valence-corrected chi connectivity index (χ1v) is 11.1. The minimum absolute atomic E-state index is 0.0538. The van der Waals surface area contributed by atoms with E-state index in [1.807, 2.05) is 4.90 Å². The SMILES string of the molecule is Cc1ccc(C2CN(c3cc4ncc5c(c(=O)c(C(=O)O)cn5C)c4cc3F)CCN2)cc1C. The van der Waals surface area contributed by atoms with E-state index >= 15 is 4.39 Å². The fourth-order valence-electron chi connectivity index (χ4n) is 4.72. The molecule has 174 valence electrons. The van der Waals surface area contributed by atoms with Gasteiger partial charge in [-0.2, -0.15) is 0 Å². The summed E-state index contributed by atoms with van der Waals surface area (Å²) in [4.78, 5) is 30.9. The summed E-state index contributed by atoms with van der Waals surface area (Å²) in [5, 5.41) is 13.4. The van der Waals surface area contributed by atoms with E-state index in [0.29, 0.717) is 41.7 Å². The molecule has 0 radical (unpaired) electrons. The van der Waals surface area contributed by atoms with E-state index < -0.39 is 17.2 Å². The fraction of sp³-hybridized carbons (Fsp3) is 0.269. The van der Waals surface area contributed by atoms with Gasteiger partial charge in [0.05, 0.1) is 28.3 Å². The predicted molar refractivity (Wildman–Crippen MR) is 130 cm³/mol. The van der Waals surface area contributed by atoms with Gasteiger partial charge in [-0.25, -0.2) is 9.18 Å². The number of fused-ring (bicyclic) bond motifs is 3. The Morgan fingerprint density at radius 2 is 2.00 bits per heavy atom. The van der Waals surface area contributed by atoms with E-state index in [9.17, 15) is 14.7 Å². The molecule has 5 rings (SSSR count). The van der Waals surface area contributed by atoms with Gasteiger partial charge in [0, 0.05) is 44.3 Å². The number of aromatic nitrogens is 2. The molecule has 1 atom stereocenters. The normalized spacial score (nSPS) is 16.4. The highest BCUT2D eigenvalue weighted by atomic mass is 19.1. The van der Waals surface area contributed by atoms with E-state index in [0.717, 1.165) is 5.56 Å². The first kappa shape index (κ1) is 22.0. The second kappa shape index (κ2) is 8.22. The second-order valence-corrected chi connectivity index (χ2v) is 8.92. The van der Waals surface area contributed by atoms with Gasteiger partial charge < -0.3 is 19.9 Å². The molecule has 0 aliphatic carbocycles. The number of halogens is 1. The van der Waals surface area contributed by atoms with Crippen molar-refractivity contribution in [2.75, 3.05) is 24.5 Å². The van der Waals surface area contributed by atoms with Gasteiger partial charge in [-0.05, 0) is 42.7 Å². The van der Waals surface area contributed by atoms with Crippen LogP contribution in [0.4, 0.5) is 10.1 Å². The molecular formula is C26H25FN4O3. The standard InChI is InChI=1S/C26H25FN4O3/c1-14-4-5-16(8-15(14)2)21-13-31(7-6-28-21)22-10-20-17(9-19(22)27)24-23(11-29-20)30(3)12-18(25(24)32)26(33)34/h4-5,8-12,21,28H,6-7,13H2,1-3H3,(H,33,34). The minimum atomic E-state index is -1.32. The van der Waals surface area contributed by atoms with Gasteiger partial charge in [0.2, 0.25) is 5.43 Å². The number of piperazine rings is 1. The van der Waals surface area contributed by atoms with Crippen LogP contribution in [-0.4, -0.2) is 40.3 Å². The Hall–Kier alpha value is -3.78. The summed E-state index contributed by atoms with van der Waals surface area (Å²) < 4.78 is 17.0. The van der Waals surface area contributed by atoms with Crippen LogP contribution >= 0.6 is 0 Å². The molecule has 1 aliphatic heterocycles. The number of carboxylic acid groups (broad SMARTS) is 1. The molecule has 0 bridgehead atoms. The molecule has 0 spiro atoms. The molecule has 4 aromatic rings. The number of nitrogens with zero attached hydrogens (tertiary/aromatic N) is 3. The minimum Gasteiger partial charge on any atom is -0.477 e. The van der Waals surface area contributed by atoms with Gasteiger partial charge in [-0.1, -0.05) is 18.2 Å². The van der Waals surface area contributed by atoms with Crippen molar-refractivity contribution in [3.05, 3.63) is 81.0 Å². The molecule has 1 unspecified atom stereocenters. The van der Waals surface area contributed by atoms with E-state index in [2.05, 4.69) is 42.3 Å². The smallest absolute Gasteiger partial charge is 0.341 e. The van der Waals surface area contributed by atoms with Crippen LogP contribution in [0.1, 0.15) is 33.1 Å². The molecule has 0 saturated carbocycles. The van der Waals surface area contributed by atoms with Crippen LogP contribution < -0.4 is 15.6 Å². The topological polar surface area (TPSA) is 87.5 Å². The third-order valence-corrected chi connectivity index (χ3v) is 6.77. The number of hydrogen-bond donors (Lipinski definition) is 2. The summed E-state index contributed by atoms with van der Waals surface area (Å²) in [6.07, 6.45) is 2.79. The molecule has 2 N–H and O–H groups in total. The Morgan fingerprint density at radius 3 is 2.74 bits per heavy atom. The maximum absolute atomic E-state index is 15.5. The van der Waals surface area contributed by atoms with Gasteiger partial charge in [0.15, 0.2) is 0 Å². The van der Waals surface area contributed by atoms with Crippen molar-refractivity contribution in [3.8, 4) is 0 Å². The molecule has 0 amide bonds. The van der Waals surface area contributed by atoms with E-state index in [-0.39, 0.29) is 17.0 Å². The highest BCUT2D eigenvalue weighted by Crippen LogP contribution is 2.31. The Bertz CT molecular complexity index is 1530. The molecule has 2 aromatic carbocycles. The Kier molecular flexibility index (Phi) is 5.32. The Balaban J connectivity index is 1.59. The monoisotopic (exact) mass is 460 g/mol. The number of carboxylic acids is 1. The van der Waals surface area contributed by atoms with Crippen LogP contribution in [0.25, 0.3) is 21.8 Å².